The highest BCUT2D eigenvalue weighted by atomic mass is 35.5. The fourth-order valence-corrected chi connectivity index (χ4v) is 4.58. The summed E-state index contributed by atoms with van der Waals surface area (Å²) >= 11 is 7.30. The minimum absolute atomic E-state index is 0.224. The fraction of sp³-hybridized carbons (Fsp3) is 0.333. The molecule has 0 radical (unpaired) electrons. The number of ether oxygens (including phenoxy) is 1. The van der Waals surface area contributed by atoms with Gasteiger partial charge in [-0.15, -0.1) is 0 Å². The van der Waals surface area contributed by atoms with Gasteiger partial charge in [0.05, 0.1) is 22.9 Å². The van der Waals surface area contributed by atoms with Crippen LogP contribution in [-0.4, -0.2) is 27.9 Å². The lowest BCUT2D eigenvalue weighted by atomic mass is 10.0. The van der Waals surface area contributed by atoms with Crippen molar-refractivity contribution in [1.82, 2.24) is 9.97 Å². The van der Waals surface area contributed by atoms with Crippen molar-refractivity contribution in [1.29, 1.82) is 0 Å². The maximum absolute atomic E-state index is 13.2. The van der Waals surface area contributed by atoms with Crippen molar-refractivity contribution < 1.29 is 14.3 Å². The zero-order valence-electron chi connectivity index (χ0n) is 16.3. The number of nitrogens with one attached hydrogen (secondary N) is 1. The first-order valence-corrected chi connectivity index (χ1v) is 10.6. The van der Waals surface area contributed by atoms with Crippen molar-refractivity contribution in [3.63, 3.8) is 0 Å². The van der Waals surface area contributed by atoms with Gasteiger partial charge in [-0.05, 0) is 63.8 Å². The molecule has 1 aliphatic rings. The van der Waals surface area contributed by atoms with E-state index in [0.29, 0.717) is 26.3 Å². The van der Waals surface area contributed by atoms with Crippen molar-refractivity contribution in [3.05, 3.63) is 50.6 Å². The third-order valence-corrected chi connectivity index (χ3v) is 6.03. The molecule has 29 heavy (non-hydrogen) atoms. The highest BCUT2D eigenvalue weighted by molar-refractivity contribution is 7.17. The lowest BCUT2D eigenvalue weighted by molar-refractivity contribution is 0.0382. The van der Waals surface area contributed by atoms with Gasteiger partial charge in [0.2, 0.25) is 0 Å². The topological polar surface area (TPSA) is 81.2 Å². The van der Waals surface area contributed by atoms with E-state index in [-0.39, 0.29) is 12.0 Å². The van der Waals surface area contributed by atoms with Crippen LogP contribution in [0.15, 0.2) is 18.2 Å². The van der Waals surface area contributed by atoms with Gasteiger partial charge in [0, 0.05) is 16.1 Å². The normalized spacial score (nSPS) is 13.0. The molecule has 1 aromatic carbocycles. The highest BCUT2D eigenvalue weighted by Crippen LogP contribution is 2.32. The first kappa shape index (κ1) is 19.8. The van der Waals surface area contributed by atoms with E-state index in [0.717, 1.165) is 52.8 Å². The number of thiazole rings is 1. The Bertz CT molecular complexity index is 1140. The number of pyridine rings is 1. The molecular formula is C21H20ClN3O3S. The Morgan fingerprint density at radius 1 is 1.24 bits per heavy atom. The monoisotopic (exact) mass is 429 g/mol. The summed E-state index contributed by atoms with van der Waals surface area (Å²) < 4.78 is 5.25. The fourth-order valence-electron chi connectivity index (χ4n) is 3.56. The quantitative estimate of drug-likeness (QED) is 0.593. The molecule has 2 heterocycles. The van der Waals surface area contributed by atoms with Gasteiger partial charge >= 0.3 is 5.97 Å². The number of hydrogen-bond donors (Lipinski definition) is 1. The lowest BCUT2D eigenvalue weighted by Gasteiger charge is -2.12. The molecule has 1 aliphatic carbocycles. The molecule has 3 aromatic rings. The summed E-state index contributed by atoms with van der Waals surface area (Å²) in [5.41, 5.74) is 3.79. The molecule has 0 spiro atoms. The zero-order chi connectivity index (χ0) is 20.7. The first-order chi connectivity index (χ1) is 13.8. The number of aryl methyl sites for hydroxylation is 2. The van der Waals surface area contributed by atoms with Gasteiger partial charge in [-0.1, -0.05) is 22.9 Å². The van der Waals surface area contributed by atoms with E-state index in [1.807, 2.05) is 6.07 Å². The van der Waals surface area contributed by atoms with Crippen molar-refractivity contribution in [3.8, 4) is 0 Å². The predicted octanol–water partition coefficient (Wildman–Crippen LogP) is 4.96. The third kappa shape index (κ3) is 3.84. The maximum Gasteiger partial charge on any atom is 0.350 e. The summed E-state index contributed by atoms with van der Waals surface area (Å²) in [7, 11) is 0. The van der Waals surface area contributed by atoms with Gasteiger partial charge in [0.15, 0.2) is 5.13 Å². The van der Waals surface area contributed by atoms with Crippen LogP contribution in [0.2, 0.25) is 5.02 Å². The third-order valence-electron chi connectivity index (χ3n) is 4.75. The number of carbonyl (C=O) groups is 2. The number of rotatable bonds is 4. The lowest BCUT2D eigenvalue weighted by Crippen LogP contribution is -2.15. The molecule has 6 nitrogen and oxygen atoms in total. The van der Waals surface area contributed by atoms with Gasteiger partial charge in [0.1, 0.15) is 4.88 Å². The molecule has 4 rings (SSSR count). The van der Waals surface area contributed by atoms with E-state index in [2.05, 4.69) is 10.3 Å². The molecule has 0 aliphatic heterocycles. The van der Waals surface area contributed by atoms with E-state index in [1.165, 1.54) is 0 Å². The SMILES string of the molecule is Cc1nc(NC(=O)c2c3c(nc4ccc(Cl)cc24)CCC3)sc1C(=O)OC(C)C. The Hall–Kier alpha value is -2.51. The van der Waals surface area contributed by atoms with Crippen LogP contribution in [0, 0.1) is 6.92 Å². The number of nitrogens with zero attached hydrogens (tertiary/aromatic N) is 2. The molecule has 0 fully saturated rings. The summed E-state index contributed by atoms with van der Waals surface area (Å²) in [5, 5.41) is 4.50. The summed E-state index contributed by atoms with van der Waals surface area (Å²) in [5.74, 6) is -0.701. The van der Waals surface area contributed by atoms with Crippen molar-refractivity contribution in [2.24, 2.45) is 0 Å². The maximum atomic E-state index is 13.2. The van der Waals surface area contributed by atoms with E-state index >= 15 is 0 Å². The first-order valence-electron chi connectivity index (χ1n) is 9.44. The molecule has 2 aromatic heterocycles. The molecule has 1 amide bonds. The van der Waals surface area contributed by atoms with E-state index in [1.54, 1.807) is 32.9 Å². The standard InChI is InChI=1S/C21H20ClN3O3S/c1-10(2)28-20(27)18-11(3)23-21(29-18)25-19(26)17-13-5-4-6-15(13)24-16-8-7-12(22)9-14(16)17/h7-10H,4-6H2,1-3H3,(H,23,25,26). The number of hydrogen-bond acceptors (Lipinski definition) is 6. The van der Waals surface area contributed by atoms with Crippen LogP contribution in [-0.2, 0) is 17.6 Å². The van der Waals surface area contributed by atoms with Gasteiger partial charge < -0.3 is 4.74 Å². The van der Waals surface area contributed by atoms with Gasteiger partial charge in [0.25, 0.3) is 5.91 Å². The Morgan fingerprint density at radius 2 is 2.03 bits per heavy atom. The van der Waals surface area contributed by atoms with Crippen molar-refractivity contribution in [2.75, 3.05) is 5.32 Å². The summed E-state index contributed by atoms with van der Waals surface area (Å²) in [6, 6.07) is 5.38. The summed E-state index contributed by atoms with van der Waals surface area (Å²) in [6.45, 7) is 5.30. The number of fused-ring (bicyclic) bond motifs is 2. The number of carbonyl (C=O) groups excluding carboxylic acids is 2. The summed E-state index contributed by atoms with van der Waals surface area (Å²) in [4.78, 5) is 34.9. The van der Waals surface area contributed by atoms with E-state index < -0.39 is 5.97 Å². The average Bonchev–Trinajstić information content (AvgIpc) is 3.25. The average molecular weight is 430 g/mol. The minimum Gasteiger partial charge on any atom is -0.459 e. The van der Waals surface area contributed by atoms with E-state index in [4.69, 9.17) is 21.3 Å². The van der Waals surface area contributed by atoms with Gasteiger partial charge in [-0.2, -0.15) is 0 Å². The van der Waals surface area contributed by atoms with Crippen LogP contribution in [0.5, 0.6) is 0 Å². The molecular weight excluding hydrogens is 410 g/mol. The second kappa shape index (κ2) is 7.72. The van der Waals surface area contributed by atoms with Gasteiger partial charge in [-0.3, -0.25) is 15.1 Å². The van der Waals surface area contributed by atoms with Gasteiger partial charge in [-0.25, -0.2) is 9.78 Å². The van der Waals surface area contributed by atoms with Crippen LogP contribution < -0.4 is 5.32 Å². The van der Waals surface area contributed by atoms with Crippen LogP contribution in [0.3, 0.4) is 0 Å². The molecule has 0 unspecified atom stereocenters. The molecule has 1 N–H and O–H groups in total. The molecule has 0 bridgehead atoms. The molecule has 150 valence electrons. The zero-order valence-corrected chi connectivity index (χ0v) is 17.9. The number of esters is 1. The van der Waals surface area contributed by atoms with Crippen LogP contribution in [0.1, 0.15) is 57.2 Å². The number of benzene rings is 1. The summed E-state index contributed by atoms with van der Waals surface area (Å²) in [6.07, 6.45) is 2.40. The molecule has 0 saturated heterocycles. The number of amides is 1. The van der Waals surface area contributed by atoms with Crippen molar-refractivity contribution >= 4 is 50.8 Å². The Labute approximate surface area is 177 Å². The second-order valence-electron chi connectivity index (χ2n) is 7.27. The minimum atomic E-state index is -0.433. The van der Waals surface area contributed by atoms with Crippen molar-refractivity contribution in [2.45, 2.75) is 46.1 Å². The second-order valence-corrected chi connectivity index (χ2v) is 8.70. The molecule has 0 atom stereocenters. The van der Waals surface area contributed by atoms with Crippen LogP contribution in [0.25, 0.3) is 10.9 Å². The Morgan fingerprint density at radius 3 is 2.79 bits per heavy atom. The van der Waals surface area contributed by atoms with Crippen LogP contribution in [0.4, 0.5) is 5.13 Å². The number of aromatic nitrogens is 2. The molecule has 0 saturated carbocycles. The number of anilines is 1. The Balaban J connectivity index is 1.70. The molecule has 8 heteroatoms. The van der Waals surface area contributed by atoms with Crippen LogP contribution >= 0.6 is 22.9 Å². The largest absolute Gasteiger partial charge is 0.459 e. The number of halogens is 1. The highest BCUT2D eigenvalue weighted by Gasteiger charge is 2.25. The predicted molar refractivity (Wildman–Crippen MR) is 114 cm³/mol. The Kier molecular flexibility index (Phi) is 5.27. The van der Waals surface area contributed by atoms with E-state index in [9.17, 15) is 9.59 Å². The smallest absolute Gasteiger partial charge is 0.350 e.